The maximum Gasteiger partial charge on any atom is 0.224 e. The minimum atomic E-state index is -0.221. The summed E-state index contributed by atoms with van der Waals surface area (Å²) in [7, 11) is 0. The molecule has 0 radical (unpaired) electrons. The molecule has 4 heteroatoms. The molecular weight excluding hydrogens is 332 g/mol. The highest BCUT2D eigenvalue weighted by Crippen LogP contribution is 2.33. The highest BCUT2D eigenvalue weighted by Gasteiger charge is 2.30. The van der Waals surface area contributed by atoms with Gasteiger partial charge in [0.15, 0.2) is 0 Å². The number of benzene rings is 2. The molecule has 2 aromatic carbocycles. The molecule has 2 aromatic rings. The molecule has 1 amide bonds. The summed E-state index contributed by atoms with van der Waals surface area (Å²) >= 11 is 0. The lowest BCUT2D eigenvalue weighted by Crippen LogP contribution is -2.43. The number of rotatable bonds is 4. The molecule has 0 saturated carbocycles. The number of halogens is 1. The maximum absolute atomic E-state index is 12.6. The van der Waals surface area contributed by atoms with Crippen LogP contribution in [0.5, 0.6) is 0 Å². The van der Waals surface area contributed by atoms with Gasteiger partial charge >= 0.3 is 0 Å². The van der Waals surface area contributed by atoms with E-state index in [0.29, 0.717) is 18.3 Å². The highest BCUT2D eigenvalue weighted by molar-refractivity contribution is 5.85. The smallest absolute Gasteiger partial charge is 0.224 e. The Labute approximate surface area is 156 Å². The molecule has 1 fully saturated rings. The number of carbonyl (C=O) groups is 1. The first-order valence-corrected chi connectivity index (χ1v) is 8.78. The van der Waals surface area contributed by atoms with Crippen LogP contribution in [0.2, 0.25) is 0 Å². The zero-order chi connectivity index (χ0) is 16.9. The fraction of sp³-hybridized carbons (Fsp3) is 0.381. The number of amides is 1. The van der Waals surface area contributed by atoms with Gasteiger partial charge in [0, 0.05) is 25.6 Å². The van der Waals surface area contributed by atoms with E-state index in [9.17, 15) is 4.79 Å². The van der Waals surface area contributed by atoms with Gasteiger partial charge in [0.25, 0.3) is 0 Å². The second-order valence-corrected chi connectivity index (χ2v) is 6.84. The summed E-state index contributed by atoms with van der Waals surface area (Å²) in [6.07, 6.45) is 1.41. The molecule has 0 aliphatic carbocycles. The van der Waals surface area contributed by atoms with Gasteiger partial charge < -0.3 is 10.6 Å². The largest absolute Gasteiger partial charge is 0.342 e. The molecule has 3 nitrogen and oxygen atoms in total. The van der Waals surface area contributed by atoms with E-state index >= 15 is 0 Å². The van der Waals surface area contributed by atoms with Gasteiger partial charge in [-0.15, -0.1) is 12.4 Å². The van der Waals surface area contributed by atoms with Crippen LogP contribution < -0.4 is 5.73 Å². The molecule has 0 spiro atoms. The Hall–Kier alpha value is -1.84. The average Bonchev–Trinajstić information content (AvgIpc) is 2.63. The zero-order valence-electron chi connectivity index (χ0n) is 14.7. The third-order valence-electron chi connectivity index (χ3n) is 5.11. The summed E-state index contributed by atoms with van der Waals surface area (Å²) in [6, 6.07) is 20.3. The molecule has 3 atom stereocenters. The van der Waals surface area contributed by atoms with Gasteiger partial charge in [0.1, 0.15) is 0 Å². The molecule has 1 aliphatic heterocycles. The predicted octanol–water partition coefficient (Wildman–Crippen LogP) is 4.15. The average molecular weight is 359 g/mol. The third kappa shape index (κ3) is 4.83. The lowest BCUT2D eigenvalue weighted by Gasteiger charge is -2.37. The minimum Gasteiger partial charge on any atom is -0.342 e. The Morgan fingerprint density at radius 1 is 1.12 bits per heavy atom. The van der Waals surface area contributed by atoms with Crippen LogP contribution in [0, 0.1) is 5.92 Å². The van der Waals surface area contributed by atoms with Crippen LogP contribution in [0.3, 0.4) is 0 Å². The Morgan fingerprint density at radius 2 is 1.72 bits per heavy atom. The van der Waals surface area contributed by atoms with Crippen molar-refractivity contribution in [3.8, 4) is 0 Å². The van der Waals surface area contributed by atoms with Crippen LogP contribution in [-0.2, 0) is 4.79 Å². The number of piperidine rings is 1. The third-order valence-corrected chi connectivity index (χ3v) is 5.11. The number of likely N-dealkylation sites (tertiary alicyclic amines) is 1. The summed E-state index contributed by atoms with van der Waals surface area (Å²) in [5.74, 6) is 1.18. The maximum atomic E-state index is 12.6. The van der Waals surface area contributed by atoms with E-state index in [-0.39, 0.29) is 24.4 Å². The van der Waals surface area contributed by atoms with E-state index in [4.69, 9.17) is 5.73 Å². The molecule has 1 aliphatic rings. The van der Waals surface area contributed by atoms with Crippen LogP contribution >= 0.6 is 12.4 Å². The normalized spacial score (nSPS) is 21.3. The topological polar surface area (TPSA) is 46.3 Å². The Morgan fingerprint density at radius 3 is 2.32 bits per heavy atom. The molecule has 1 heterocycles. The first kappa shape index (κ1) is 19.5. The zero-order valence-corrected chi connectivity index (χ0v) is 15.5. The van der Waals surface area contributed by atoms with E-state index in [1.165, 1.54) is 5.56 Å². The molecular formula is C21H27ClN2O. The van der Waals surface area contributed by atoms with Crippen molar-refractivity contribution in [2.24, 2.45) is 11.7 Å². The van der Waals surface area contributed by atoms with Crippen molar-refractivity contribution >= 4 is 18.3 Å². The van der Waals surface area contributed by atoms with Crippen molar-refractivity contribution in [2.75, 3.05) is 13.1 Å². The van der Waals surface area contributed by atoms with Crippen molar-refractivity contribution < 1.29 is 4.79 Å². The summed E-state index contributed by atoms with van der Waals surface area (Å²) in [4.78, 5) is 14.6. The van der Waals surface area contributed by atoms with Gasteiger partial charge in [0.2, 0.25) is 5.91 Å². The van der Waals surface area contributed by atoms with Gasteiger partial charge in [-0.2, -0.15) is 0 Å². The van der Waals surface area contributed by atoms with Crippen molar-refractivity contribution in [3.05, 3.63) is 71.8 Å². The predicted molar refractivity (Wildman–Crippen MR) is 105 cm³/mol. The van der Waals surface area contributed by atoms with Crippen molar-refractivity contribution in [1.29, 1.82) is 0 Å². The molecule has 134 valence electrons. The van der Waals surface area contributed by atoms with Crippen LogP contribution in [0.4, 0.5) is 0 Å². The molecule has 0 bridgehead atoms. The Balaban J connectivity index is 0.00000225. The van der Waals surface area contributed by atoms with E-state index in [1.54, 1.807) is 0 Å². The van der Waals surface area contributed by atoms with Crippen LogP contribution in [0.1, 0.15) is 42.9 Å². The first-order chi connectivity index (χ1) is 11.6. The minimum absolute atomic E-state index is 0. The summed E-state index contributed by atoms with van der Waals surface area (Å²) in [6.45, 7) is 3.89. The highest BCUT2D eigenvalue weighted by atomic mass is 35.5. The molecule has 25 heavy (non-hydrogen) atoms. The van der Waals surface area contributed by atoms with Crippen molar-refractivity contribution in [1.82, 2.24) is 4.90 Å². The summed E-state index contributed by atoms with van der Waals surface area (Å²) in [5.41, 5.74) is 8.62. The standard InChI is InChI=1S/C21H26N2O.ClH/c1-16-15-23(13-12-19(16)17-8-4-2-5-9-17)21(24)14-20(22)18-10-6-3-7-11-18;/h2-11,16,19-20H,12-15,22H2,1H3;1H. The van der Waals surface area contributed by atoms with Crippen molar-refractivity contribution in [2.45, 2.75) is 31.7 Å². The first-order valence-electron chi connectivity index (χ1n) is 8.78. The molecule has 3 rings (SSSR count). The SMILES string of the molecule is CC1CN(C(=O)CC(N)c2ccccc2)CCC1c1ccccc1.Cl. The second kappa shape index (κ2) is 9.02. The second-order valence-electron chi connectivity index (χ2n) is 6.84. The monoisotopic (exact) mass is 358 g/mol. The van der Waals surface area contributed by atoms with Crippen LogP contribution in [0.25, 0.3) is 0 Å². The lowest BCUT2D eigenvalue weighted by molar-refractivity contribution is -0.133. The van der Waals surface area contributed by atoms with Crippen LogP contribution in [0.15, 0.2) is 60.7 Å². The van der Waals surface area contributed by atoms with Gasteiger partial charge in [-0.05, 0) is 29.4 Å². The van der Waals surface area contributed by atoms with Gasteiger partial charge in [0.05, 0.1) is 0 Å². The van der Waals surface area contributed by atoms with E-state index in [2.05, 4.69) is 37.3 Å². The molecule has 3 unspecified atom stereocenters. The van der Waals surface area contributed by atoms with Gasteiger partial charge in [-0.3, -0.25) is 4.79 Å². The van der Waals surface area contributed by atoms with Crippen LogP contribution in [-0.4, -0.2) is 23.9 Å². The Bertz CT molecular complexity index is 662. The van der Waals surface area contributed by atoms with Gasteiger partial charge in [-0.25, -0.2) is 0 Å². The fourth-order valence-corrected chi connectivity index (χ4v) is 3.70. The van der Waals surface area contributed by atoms with E-state index in [0.717, 1.165) is 25.1 Å². The molecule has 2 N–H and O–H groups in total. The van der Waals surface area contributed by atoms with Crippen molar-refractivity contribution in [3.63, 3.8) is 0 Å². The number of nitrogens with two attached hydrogens (primary N) is 1. The van der Waals surface area contributed by atoms with Gasteiger partial charge in [-0.1, -0.05) is 67.6 Å². The number of hydrogen-bond acceptors (Lipinski definition) is 2. The number of nitrogens with zero attached hydrogens (tertiary/aromatic N) is 1. The quantitative estimate of drug-likeness (QED) is 0.892. The fourth-order valence-electron chi connectivity index (χ4n) is 3.70. The summed E-state index contributed by atoms with van der Waals surface area (Å²) in [5, 5.41) is 0. The molecule has 1 saturated heterocycles. The lowest BCUT2D eigenvalue weighted by atomic mass is 9.81. The van der Waals surface area contributed by atoms with E-state index < -0.39 is 0 Å². The summed E-state index contributed by atoms with van der Waals surface area (Å²) < 4.78 is 0. The van der Waals surface area contributed by atoms with E-state index in [1.807, 2.05) is 35.2 Å². The Kier molecular flexibility index (Phi) is 7.03. The number of carbonyl (C=O) groups excluding carboxylic acids is 1. The number of hydrogen-bond donors (Lipinski definition) is 1. The molecule has 0 aromatic heterocycles.